The SMILES string of the molecule is CN[C@H](CC(C)C)C(=O)N[C@H]1C(=O)N[C@@H](CC(=O)NS(=O)(=O)c2ccc(OCCOC)cc2)C(=O)N[C@H]2C(=O)N[C@H]3C(=O)N[C@H](C(=O)N[C@H](C(=O)NC4C5CC6CC(C5)CC4C6)c4cc(O)cc(O)c4-c4cc3ccc4O)[C@H](O)c3ccc(c(Cl)c3)Oc3cc2cc(c3O[C@@H]2O[C@H](CO)[C@@H](O)[C@H](O)[C@H]2O)Oc2ccc(cc2C)[C@H]1O. The Bertz CT molecular complexity index is 4850. The summed E-state index contributed by atoms with van der Waals surface area (Å²) in [5.41, 5.74) is -2.04. The van der Waals surface area contributed by atoms with Gasteiger partial charge in [0.2, 0.25) is 59.3 Å². The standard InChI is InChI=1S/C79H90ClN9O25S/c1-33(2)18-49(81-4)72(100)87-64-66(95)38-7-14-53(34(3)19-38)111-55-27-42-28-56(71(55)114-79-70(99)69(98)68(97)57(32-90)113-79)112-54-15-8-39(26-48(54)80)67(96)65-78(106)86-63(76(104)83-60-40-21-35-20-36(23-40)24-41(60)22-35)47-29-43(91)30-52(93)59(47)46-25-37(6-13-51(46)92)61(74(102)88-65)85-75(103)62(42)84-73(101)50(82-77(64)105)31-58(94)89-115(107,108)45-11-9-44(10-12-45)110-17-16-109-5/h6-15,19,25-30,33,35-36,40-41,49-50,57,60-70,79,81,90-93,95-99H,16-18,20-24,31-32H2,1-5H3,(H,82,105)(H,83,104)(H,84,101)(H,85,103)(H,86,106)(H,87,100)(H,88,102)(H,89,94)/t35?,36?,40?,41?,49-,50+,57-,60?,61-,62-,63+,64-,65+,66-,67-,68-,69+,70-,79+/m1/s1. The lowest BCUT2D eigenvalue weighted by Crippen LogP contribution is -2.60. The molecule has 34 nitrogen and oxygen atoms in total. The highest BCUT2D eigenvalue weighted by Crippen LogP contribution is 2.55. The minimum atomic E-state index is -4.90. The number of ether oxygens (including phenoxy) is 6. The molecule has 8 amide bonds. The van der Waals surface area contributed by atoms with Crippen molar-refractivity contribution >= 4 is 68.9 Å². The van der Waals surface area contributed by atoms with Crippen LogP contribution in [-0.2, 0) is 57.9 Å². The van der Waals surface area contributed by atoms with Crippen molar-refractivity contribution in [3.8, 4) is 62.9 Å². The molecule has 36 heteroatoms. The topological polar surface area (TPSA) is 516 Å². The summed E-state index contributed by atoms with van der Waals surface area (Å²) in [7, 11) is -1.99. The van der Waals surface area contributed by atoms with Crippen molar-refractivity contribution in [2.45, 2.75) is 162 Å². The van der Waals surface area contributed by atoms with E-state index in [1.165, 1.54) is 63.5 Å². The molecule has 15 bridgehead atoms. The lowest BCUT2D eigenvalue weighted by atomic mass is 9.54. The Kier molecular flexibility index (Phi) is 24.5. The Morgan fingerprint density at radius 1 is 0.643 bits per heavy atom. The molecule has 1 saturated heterocycles. The second-order valence-corrected chi connectivity index (χ2v) is 32.6. The molecule has 16 rings (SSSR count). The molecule has 14 atom stereocenters. The van der Waals surface area contributed by atoms with Crippen LogP contribution in [0.5, 0.6) is 51.7 Å². The van der Waals surface area contributed by atoms with Crippen molar-refractivity contribution in [1.29, 1.82) is 0 Å². The molecule has 6 aromatic carbocycles. The van der Waals surface area contributed by atoms with Crippen molar-refractivity contribution in [2.75, 3.05) is 34.0 Å². The maximum Gasteiger partial charge on any atom is 0.264 e. The number of aryl methyl sites for hydroxylation is 1. The normalized spacial score (nSPS) is 28.1. The highest BCUT2D eigenvalue weighted by molar-refractivity contribution is 7.90. The zero-order valence-corrected chi connectivity index (χ0v) is 64.3. The average Bonchev–Trinajstić information content (AvgIpc) is 0.757. The van der Waals surface area contributed by atoms with Crippen molar-refractivity contribution in [1.82, 2.24) is 47.3 Å². The molecule has 6 heterocycles. The fraction of sp³-hybridized carbons (Fsp3) is 0.443. The predicted octanol–water partition coefficient (Wildman–Crippen LogP) is 2.43. The summed E-state index contributed by atoms with van der Waals surface area (Å²) in [5.74, 6) is -13.5. The van der Waals surface area contributed by atoms with Gasteiger partial charge in [0.1, 0.15) is 114 Å². The van der Waals surface area contributed by atoms with E-state index >= 15 is 28.8 Å². The molecule has 0 aromatic heterocycles. The highest BCUT2D eigenvalue weighted by atomic mass is 35.5. The van der Waals surface area contributed by atoms with E-state index in [9.17, 15) is 64.0 Å². The van der Waals surface area contributed by atoms with E-state index in [2.05, 4.69) is 42.5 Å². The number of benzene rings is 6. The minimum absolute atomic E-state index is 0.0604. The summed E-state index contributed by atoms with van der Waals surface area (Å²) < 4.78 is 66.3. The van der Waals surface area contributed by atoms with Crippen LogP contribution in [-0.4, -0.2) is 197 Å². The van der Waals surface area contributed by atoms with E-state index in [0.29, 0.717) is 11.8 Å². The monoisotopic (exact) mass is 1630 g/mol. The molecule has 0 spiro atoms. The first-order valence-corrected chi connectivity index (χ1v) is 39.4. The lowest BCUT2D eigenvalue weighted by Gasteiger charge is -2.54. The van der Waals surface area contributed by atoms with Crippen molar-refractivity contribution < 1.29 is 121 Å². The number of amides is 8. The molecular weight excluding hydrogens is 1540 g/mol. The summed E-state index contributed by atoms with van der Waals surface area (Å²) in [6, 6.07) is 4.79. The van der Waals surface area contributed by atoms with Crippen LogP contribution in [0.25, 0.3) is 11.1 Å². The zero-order chi connectivity index (χ0) is 82.3. The molecule has 6 aromatic rings. The molecule has 115 heavy (non-hydrogen) atoms. The highest BCUT2D eigenvalue weighted by Gasteiger charge is 2.51. The van der Waals surface area contributed by atoms with Crippen LogP contribution < -0.4 is 66.2 Å². The molecule has 5 fully saturated rings. The van der Waals surface area contributed by atoms with E-state index in [4.69, 9.17) is 40.0 Å². The van der Waals surface area contributed by atoms with Gasteiger partial charge in [0.25, 0.3) is 10.0 Å². The summed E-state index contributed by atoms with van der Waals surface area (Å²) >= 11 is 7.16. The van der Waals surface area contributed by atoms with Gasteiger partial charge in [-0.25, -0.2) is 13.1 Å². The number of carbonyl (C=O) groups is 8. The third kappa shape index (κ3) is 17.6. The number of phenols is 3. The number of nitrogens with one attached hydrogen (secondary N) is 9. The quantitative estimate of drug-likeness (QED) is 0.0549. The van der Waals surface area contributed by atoms with Crippen molar-refractivity contribution in [3.63, 3.8) is 0 Å². The molecule has 4 saturated carbocycles. The Labute approximate surface area is 664 Å². The number of aliphatic hydroxyl groups excluding tert-OH is 6. The van der Waals surface area contributed by atoms with Gasteiger partial charge < -0.3 is 117 Å². The predicted molar refractivity (Wildman–Crippen MR) is 404 cm³/mol. The largest absolute Gasteiger partial charge is 0.508 e. The summed E-state index contributed by atoms with van der Waals surface area (Å²) in [5, 5.41) is 126. The number of fused-ring (bicyclic) bond motifs is 15. The summed E-state index contributed by atoms with van der Waals surface area (Å²) in [6.07, 6.45) is -10.9. The van der Waals surface area contributed by atoms with Gasteiger partial charge in [-0.15, -0.1) is 0 Å². The van der Waals surface area contributed by atoms with Crippen LogP contribution in [0.3, 0.4) is 0 Å². The van der Waals surface area contributed by atoms with Gasteiger partial charge in [0, 0.05) is 30.3 Å². The molecule has 18 N–H and O–H groups in total. The number of sulfonamides is 1. The number of halogens is 1. The van der Waals surface area contributed by atoms with Gasteiger partial charge in [-0.3, -0.25) is 38.4 Å². The van der Waals surface area contributed by atoms with E-state index < -0.39 is 205 Å². The Morgan fingerprint density at radius 2 is 1.28 bits per heavy atom. The number of rotatable bonds is 18. The molecular formula is C79H90ClN9O25S. The number of aliphatic hydroxyl groups is 6. The molecule has 6 aliphatic heterocycles. The number of likely N-dealkylation sites (N-methyl/N-ethyl adjacent to an activating group) is 1. The first-order chi connectivity index (χ1) is 54.8. The summed E-state index contributed by atoms with van der Waals surface area (Å²) in [6.45, 7) is 4.40. The molecule has 10 aliphatic rings. The first-order valence-electron chi connectivity index (χ1n) is 37.5. The maximum atomic E-state index is 16.4. The van der Waals surface area contributed by atoms with Gasteiger partial charge in [0.05, 0.1) is 35.6 Å². The van der Waals surface area contributed by atoms with Gasteiger partial charge in [0.15, 0.2) is 11.5 Å². The fourth-order valence-electron chi connectivity index (χ4n) is 16.5. The Balaban J connectivity index is 1.000. The summed E-state index contributed by atoms with van der Waals surface area (Å²) in [4.78, 5) is 123. The van der Waals surface area contributed by atoms with Crippen LogP contribution in [0.2, 0.25) is 5.02 Å². The third-order valence-corrected chi connectivity index (χ3v) is 23.8. The van der Waals surface area contributed by atoms with Crippen molar-refractivity contribution in [3.05, 3.63) is 142 Å². The maximum absolute atomic E-state index is 16.4. The van der Waals surface area contributed by atoms with E-state index in [1.807, 2.05) is 18.6 Å². The van der Waals surface area contributed by atoms with E-state index in [-0.39, 0.29) is 99.6 Å². The van der Waals surface area contributed by atoms with Crippen LogP contribution in [0.15, 0.2) is 108 Å². The van der Waals surface area contributed by atoms with Crippen LogP contribution in [0.1, 0.15) is 123 Å². The third-order valence-electron chi connectivity index (χ3n) is 22.1. The average molecular weight is 1630 g/mol. The van der Waals surface area contributed by atoms with Gasteiger partial charge >= 0.3 is 0 Å². The second kappa shape index (κ2) is 34.2. The minimum Gasteiger partial charge on any atom is -0.508 e. The Morgan fingerprint density at radius 3 is 1.92 bits per heavy atom. The van der Waals surface area contributed by atoms with Crippen LogP contribution in [0.4, 0.5) is 0 Å². The van der Waals surface area contributed by atoms with Crippen LogP contribution in [0, 0.1) is 36.5 Å². The molecule has 0 unspecified atom stereocenters. The smallest absolute Gasteiger partial charge is 0.264 e. The number of aromatic hydroxyl groups is 3. The number of carbonyl (C=O) groups excluding carboxylic acids is 8. The lowest BCUT2D eigenvalue weighted by molar-refractivity contribution is -0.277. The Hall–Kier alpha value is -10.4. The van der Waals surface area contributed by atoms with Gasteiger partial charge in [-0.05, 0) is 194 Å². The van der Waals surface area contributed by atoms with E-state index in [1.54, 1.807) is 0 Å². The fourth-order valence-corrected chi connectivity index (χ4v) is 17.8. The molecule has 0 radical (unpaired) electrons. The van der Waals surface area contributed by atoms with Crippen LogP contribution >= 0.6 is 11.6 Å². The van der Waals surface area contributed by atoms with E-state index in [0.717, 1.165) is 92.8 Å². The first kappa shape index (κ1) is 82.5. The number of hydrogen-bond donors (Lipinski definition) is 18. The number of methoxy groups -OCH3 is 1. The molecule has 614 valence electrons. The van der Waals surface area contributed by atoms with Gasteiger partial charge in [-0.1, -0.05) is 43.6 Å². The second-order valence-electron chi connectivity index (χ2n) is 30.5. The number of phenolic OH excluding ortho intramolecular Hbond substituents is 3. The molecule has 4 aliphatic carbocycles. The van der Waals surface area contributed by atoms with Crippen molar-refractivity contribution in [2.24, 2.45) is 29.6 Å². The van der Waals surface area contributed by atoms with Gasteiger partial charge in [-0.2, -0.15) is 0 Å². The number of hydrogen-bond acceptors (Lipinski definition) is 26. The zero-order valence-electron chi connectivity index (χ0n) is 62.8.